The predicted molar refractivity (Wildman–Crippen MR) is 115 cm³/mol. The first-order valence-corrected chi connectivity index (χ1v) is 11.7. The molecule has 1 aromatic heterocycles. The Kier molecular flexibility index (Phi) is 6.02. The number of nitrogens with one attached hydrogen (secondary N) is 2. The van der Waals surface area contributed by atoms with Gasteiger partial charge in [0.15, 0.2) is 0 Å². The Bertz CT molecular complexity index is 1030. The van der Waals surface area contributed by atoms with E-state index in [9.17, 15) is 18.3 Å². The summed E-state index contributed by atoms with van der Waals surface area (Å²) in [5.74, 6) is 0.739. The van der Waals surface area contributed by atoms with E-state index in [-0.39, 0.29) is 16.9 Å². The lowest BCUT2D eigenvalue weighted by Crippen LogP contribution is -2.34. The van der Waals surface area contributed by atoms with E-state index in [2.05, 4.69) is 5.32 Å². The van der Waals surface area contributed by atoms with Gasteiger partial charge in [0.25, 0.3) is 10.0 Å². The second-order valence-electron chi connectivity index (χ2n) is 8.71. The Morgan fingerprint density at radius 2 is 1.77 bits per heavy atom. The van der Waals surface area contributed by atoms with Crippen molar-refractivity contribution in [1.29, 1.82) is 0 Å². The molecule has 1 heterocycles. The number of rotatable bonds is 5. The van der Waals surface area contributed by atoms with Gasteiger partial charge in [-0.3, -0.25) is 0 Å². The molecule has 1 unspecified atom stereocenters. The minimum atomic E-state index is -4.23. The van der Waals surface area contributed by atoms with Gasteiger partial charge in [0.1, 0.15) is 5.76 Å². The molecule has 0 saturated heterocycles. The van der Waals surface area contributed by atoms with E-state index in [4.69, 9.17) is 4.42 Å². The molecule has 164 valence electrons. The average Bonchev–Trinajstić information content (AvgIpc) is 3.07. The number of anilines is 1. The van der Waals surface area contributed by atoms with Gasteiger partial charge in [-0.1, -0.05) is 45.9 Å². The SMILES string of the molecule is CC(C)c1cccc(C(C)C)c1NC(=O)NS(=O)(=O)c1cc2c(o1)CCCC2(C)O. The van der Waals surface area contributed by atoms with Crippen LogP contribution in [-0.2, 0) is 22.0 Å². The number of hydrogen-bond donors (Lipinski definition) is 3. The Labute approximate surface area is 177 Å². The van der Waals surface area contributed by atoms with Gasteiger partial charge in [0.05, 0.1) is 5.60 Å². The molecular formula is C22H30N2O5S. The van der Waals surface area contributed by atoms with Crippen LogP contribution in [0.25, 0.3) is 0 Å². The van der Waals surface area contributed by atoms with Crippen LogP contribution in [0.15, 0.2) is 33.8 Å². The van der Waals surface area contributed by atoms with Crippen LogP contribution in [-0.4, -0.2) is 19.6 Å². The molecule has 1 atom stereocenters. The summed E-state index contributed by atoms with van der Waals surface area (Å²) in [7, 11) is -4.23. The van der Waals surface area contributed by atoms with Crippen molar-refractivity contribution in [3.8, 4) is 0 Å². The minimum absolute atomic E-state index is 0.148. The molecule has 30 heavy (non-hydrogen) atoms. The molecule has 3 N–H and O–H groups in total. The fraction of sp³-hybridized carbons (Fsp3) is 0.500. The Balaban J connectivity index is 1.86. The lowest BCUT2D eigenvalue weighted by molar-refractivity contribution is 0.0362. The standard InChI is InChI=1S/C22H30N2O5S/c1-13(2)15-8-6-9-16(14(3)4)20(15)23-21(25)24-30(27,28)19-12-17-18(29-19)10-7-11-22(17,5)26/h6,8-9,12-14,26H,7,10-11H2,1-5H3,(H2,23,24,25). The molecule has 0 spiro atoms. The first kappa shape index (κ1) is 22.4. The van der Waals surface area contributed by atoms with Crippen LogP contribution in [0.2, 0.25) is 0 Å². The van der Waals surface area contributed by atoms with E-state index in [0.29, 0.717) is 36.3 Å². The average molecular weight is 435 g/mol. The lowest BCUT2D eigenvalue weighted by Gasteiger charge is -2.26. The Morgan fingerprint density at radius 1 is 1.17 bits per heavy atom. The normalized spacial score (nSPS) is 19.1. The molecule has 2 aromatic rings. The number of carbonyl (C=O) groups is 1. The maximum atomic E-state index is 12.8. The first-order chi connectivity index (χ1) is 13.9. The molecule has 1 aromatic carbocycles. The number of aliphatic hydroxyl groups is 1. The van der Waals surface area contributed by atoms with Gasteiger partial charge in [-0.15, -0.1) is 0 Å². The summed E-state index contributed by atoms with van der Waals surface area (Å²) in [5.41, 5.74) is 1.80. The number of carbonyl (C=O) groups excluding carboxylic acids is 1. The van der Waals surface area contributed by atoms with Crippen molar-refractivity contribution in [2.24, 2.45) is 0 Å². The van der Waals surface area contributed by atoms with Crippen LogP contribution in [0, 0.1) is 0 Å². The Morgan fingerprint density at radius 3 is 2.30 bits per heavy atom. The van der Waals surface area contributed by atoms with Crippen LogP contribution in [0.1, 0.15) is 81.7 Å². The maximum absolute atomic E-state index is 12.8. The number of furan rings is 1. The van der Waals surface area contributed by atoms with Crippen LogP contribution < -0.4 is 10.0 Å². The summed E-state index contributed by atoms with van der Waals surface area (Å²) in [5, 5.41) is 12.8. The van der Waals surface area contributed by atoms with Gasteiger partial charge < -0.3 is 14.8 Å². The summed E-state index contributed by atoms with van der Waals surface area (Å²) in [4.78, 5) is 12.6. The van der Waals surface area contributed by atoms with E-state index < -0.39 is 21.7 Å². The quantitative estimate of drug-likeness (QED) is 0.638. The second kappa shape index (κ2) is 8.07. The molecular weight excluding hydrogens is 404 g/mol. The third kappa shape index (κ3) is 4.39. The highest BCUT2D eigenvalue weighted by Gasteiger charge is 2.35. The van der Waals surface area contributed by atoms with Gasteiger partial charge in [0.2, 0.25) is 5.09 Å². The summed E-state index contributed by atoms with van der Waals surface area (Å²) in [6, 6.07) is 6.23. The molecule has 0 aliphatic heterocycles. The molecule has 3 rings (SSSR count). The fourth-order valence-corrected chi connectivity index (χ4v) is 4.79. The number of aryl methyl sites for hydroxylation is 1. The molecule has 0 bridgehead atoms. The number of amides is 2. The third-order valence-corrected chi connectivity index (χ3v) is 6.72. The van der Waals surface area contributed by atoms with Crippen LogP contribution in [0.4, 0.5) is 10.5 Å². The number of fused-ring (bicyclic) bond motifs is 1. The van der Waals surface area contributed by atoms with Gasteiger partial charge in [-0.05, 0) is 42.7 Å². The molecule has 0 radical (unpaired) electrons. The van der Waals surface area contributed by atoms with Crippen LogP contribution in [0.5, 0.6) is 0 Å². The molecule has 8 heteroatoms. The third-order valence-electron chi connectivity index (χ3n) is 5.54. The van der Waals surface area contributed by atoms with Crippen molar-refractivity contribution in [2.75, 3.05) is 5.32 Å². The highest BCUT2D eigenvalue weighted by molar-refractivity contribution is 7.89. The van der Waals surface area contributed by atoms with Crippen molar-refractivity contribution in [2.45, 2.75) is 76.4 Å². The zero-order valence-electron chi connectivity index (χ0n) is 18.1. The smallest absolute Gasteiger partial charge is 0.333 e. The number of benzene rings is 1. The van der Waals surface area contributed by atoms with Crippen molar-refractivity contribution < 1.29 is 22.7 Å². The van der Waals surface area contributed by atoms with Gasteiger partial charge in [-0.2, -0.15) is 8.42 Å². The zero-order valence-corrected chi connectivity index (χ0v) is 18.9. The fourth-order valence-electron chi connectivity index (χ4n) is 3.91. The van der Waals surface area contributed by atoms with Crippen molar-refractivity contribution in [1.82, 2.24) is 4.72 Å². The van der Waals surface area contributed by atoms with E-state index in [0.717, 1.165) is 11.1 Å². The summed E-state index contributed by atoms with van der Waals surface area (Å²) >= 11 is 0. The summed E-state index contributed by atoms with van der Waals surface area (Å²) in [6.07, 6.45) is 1.77. The molecule has 2 amide bonds. The van der Waals surface area contributed by atoms with E-state index in [1.165, 1.54) is 6.07 Å². The number of para-hydroxylation sites is 1. The van der Waals surface area contributed by atoms with Gasteiger partial charge in [-0.25, -0.2) is 9.52 Å². The zero-order chi connectivity index (χ0) is 22.3. The highest BCUT2D eigenvalue weighted by Crippen LogP contribution is 2.38. The summed E-state index contributed by atoms with van der Waals surface area (Å²) < 4.78 is 33.0. The number of hydrogen-bond acceptors (Lipinski definition) is 5. The monoisotopic (exact) mass is 434 g/mol. The number of urea groups is 1. The largest absolute Gasteiger partial charge is 0.447 e. The second-order valence-corrected chi connectivity index (χ2v) is 10.3. The van der Waals surface area contributed by atoms with Crippen molar-refractivity contribution in [3.05, 3.63) is 46.7 Å². The topological polar surface area (TPSA) is 109 Å². The van der Waals surface area contributed by atoms with Crippen LogP contribution >= 0.6 is 0 Å². The van der Waals surface area contributed by atoms with E-state index in [1.54, 1.807) is 6.92 Å². The molecule has 1 aliphatic rings. The molecule has 7 nitrogen and oxygen atoms in total. The molecule has 0 fully saturated rings. The summed E-state index contributed by atoms with van der Waals surface area (Å²) in [6.45, 7) is 9.68. The van der Waals surface area contributed by atoms with E-state index in [1.807, 2.05) is 50.6 Å². The number of sulfonamides is 1. The van der Waals surface area contributed by atoms with E-state index >= 15 is 0 Å². The van der Waals surface area contributed by atoms with Crippen molar-refractivity contribution >= 4 is 21.7 Å². The molecule has 0 saturated carbocycles. The van der Waals surface area contributed by atoms with Crippen LogP contribution in [0.3, 0.4) is 0 Å². The predicted octanol–water partition coefficient (Wildman–Crippen LogP) is 4.58. The molecule has 1 aliphatic carbocycles. The maximum Gasteiger partial charge on any atom is 0.333 e. The van der Waals surface area contributed by atoms with Crippen molar-refractivity contribution in [3.63, 3.8) is 0 Å². The van der Waals surface area contributed by atoms with Gasteiger partial charge in [0, 0.05) is 23.7 Å². The van der Waals surface area contributed by atoms with Gasteiger partial charge >= 0.3 is 6.03 Å². The Hall–Kier alpha value is -2.32. The minimum Gasteiger partial charge on any atom is -0.447 e. The highest BCUT2D eigenvalue weighted by atomic mass is 32.2. The first-order valence-electron chi connectivity index (χ1n) is 10.2. The lowest BCUT2D eigenvalue weighted by atomic mass is 9.85.